The third kappa shape index (κ3) is 7.02. The maximum Gasteiger partial charge on any atom is 0.368 e. The van der Waals surface area contributed by atoms with Gasteiger partial charge in [0.2, 0.25) is 0 Å². The first kappa shape index (κ1) is 28.7. The van der Waals surface area contributed by atoms with Crippen LogP contribution in [0.5, 0.6) is 0 Å². The molecule has 1 aliphatic heterocycles. The lowest BCUT2D eigenvalue weighted by molar-refractivity contribution is -0.880. The van der Waals surface area contributed by atoms with Crippen molar-refractivity contribution in [3.63, 3.8) is 0 Å². The molecule has 3 heterocycles. The molecule has 0 fully saturated rings. The van der Waals surface area contributed by atoms with E-state index < -0.39 is 4.92 Å². The van der Waals surface area contributed by atoms with Gasteiger partial charge in [0.1, 0.15) is 24.4 Å². The van der Waals surface area contributed by atoms with Crippen LogP contribution in [0.15, 0.2) is 69.8 Å². The summed E-state index contributed by atoms with van der Waals surface area (Å²) in [5.41, 5.74) is 4.26. The topological polar surface area (TPSA) is 123 Å². The molecule has 40 heavy (non-hydrogen) atoms. The Labute approximate surface area is 240 Å². The van der Waals surface area contributed by atoms with E-state index >= 15 is 0 Å². The molecule has 1 aromatic carbocycles. The van der Waals surface area contributed by atoms with Gasteiger partial charge in [0.25, 0.3) is 0 Å². The third-order valence-electron chi connectivity index (χ3n) is 6.42. The molecule has 0 radical (unpaired) electrons. The van der Waals surface area contributed by atoms with E-state index in [9.17, 15) is 14.9 Å². The molecule has 11 heteroatoms. The molecular weight excluding hydrogens is 574 g/mol. The number of benzene rings is 1. The summed E-state index contributed by atoms with van der Waals surface area (Å²) in [5.74, 6) is 3.06. The molecule has 0 amide bonds. The summed E-state index contributed by atoms with van der Waals surface area (Å²) >= 11 is 3.43. The zero-order valence-electron chi connectivity index (χ0n) is 22.5. The molecule has 0 saturated carbocycles. The van der Waals surface area contributed by atoms with Gasteiger partial charge in [-0.25, -0.2) is 9.97 Å². The lowest BCUT2D eigenvalue weighted by atomic mass is 10.1. The Bertz CT molecular complexity index is 1620. The minimum atomic E-state index is -0.409. The summed E-state index contributed by atoms with van der Waals surface area (Å²) in [7, 11) is 3.95. The molecule has 1 aliphatic rings. The van der Waals surface area contributed by atoms with Crippen LogP contribution in [0.4, 0.5) is 11.5 Å². The van der Waals surface area contributed by atoms with Crippen LogP contribution in [-0.4, -0.2) is 63.0 Å². The Morgan fingerprint density at radius 3 is 2.80 bits per heavy atom. The van der Waals surface area contributed by atoms with Gasteiger partial charge in [-0.1, -0.05) is 12.8 Å². The molecule has 3 aromatic rings. The Morgan fingerprint density at radius 2 is 2.08 bits per heavy atom. The first-order chi connectivity index (χ1) is 19.1. The molecule has 0 atom stereocenters. The number of terminal acetylenes is 1. The monoisotopic (exact) mass is 602 g/mol. The largest absolute Gasteiger partial charge is 0.368 e. The molecule has 204 valence electrons. The molecule has 0 spiro atoms. The van der Waals surface area contributed by atoms with E-state index in [2.05, 4.69) is 47.1 Å². The second-order valence-corrected chi connectivity index (χ2v) is 10.9. The number of anilines is 2. The molecule has 0 unspecified atom stereocenters. The first-order valence-corrected chi connectivity index (χ1v) is 13.4. The van der Waals surface area contributed by atoms with Crippen molar-refractivity contribution in [3.05, 3.63) is 86.2 Å². The van der Waals surface area contributed by atoms with Crippen LogP contribution in [0.3, 0.4) is 0 Å². The number of pyridine rings is 1. The van der Waals surface area contributed by atoms with Gasteiger partial charge in [0.15, 0.2) is 5.78 Å². The summed E-state index contributed by atoms with van der Waals surface area (Å²) in [6, 6.07) is 7.39. The minimum Gasteiger partial charge on any atom is -0.358 e. The van der Waals surface area contributed by atoms with Gasteiger partial charge in [-0.05, 0) is 62.3 Å². The molecule has 0 bridgehead atoms. The number of aliphatic imine (C=N–C) groups is 1. The minimum absolute atomic E-state index is 0.0417. The van der Waals surface area contributed by atoms with Crippen molar-refractivity contribution in [2.24, 2.45) is 4.99 Å². The summed E-state index contributed by atoms with van der Waals surface area (Å²) in [6.07, 6.45) is 13.3. The number of nitrogens with zero attached hydrogens (tertiary/aromatic N) is 6. The van der Waals surface area contributed by atoms with Crippen LogP contribution in [-0.2, 0) is 11.2 Å². The number of ketones is 1. The Kier molecular flexibility index (Phi) is 8.82. The zero-order chi connectivity index (χ0) is 28.9. The van der Waals surface area contributed by atoms with Crippen molar-refractivity contribution in [1.29, 1.82) is 0 Å². The number of hydrogen-bond acceptors (Lipinski definition) is 8. The summed E-state index contributed by atoms with van der Waals surface area (Å²) in [6.45, 7) is 2.95. The molecule has 2 aromatic heterocycles. The Balaban J connectivity index is 1.42. The van der Waals surface area contributed by atoms with Crippen LogP contribution in [0.2, 0.25) is 0 Å². The van der Waals surface area contributed by atoms with Crippen LogP contribution in [0.1, 0.15) is 31.0 Å². The maximum atomic E-state index is 12.8. The fourth-order valence-corrected chi connectivity index (χ4v) is 4.79. The highest BCUT2D eigenvalue weighted by molar-refractivity contribution is 9.10. The van der Waals surface area contributed by atoms with Crippen molar-refractivity contribution in [2.45, 2.75) is 26.2 Å². The molecule has 0 saturated heterocycles. The number of halogens is 1. The second-order valence-electron chi connectivity index (χ2n) is 10.1. The van der Waals surface area contributed by atoms with Crippen LogP contribution < -0.4 is 5.32 Å². The average molecular weight is 604 g/mol. The van der Waals surface area contributed by atoms with Gasteiger partial charge in [-0.3, -0.25) is 9.78 Å². The fraction of sp³-hybridized carbons (Fsp3) is 0.276. The van der Waals surface area contributed by atoms with Crippen LogP contribution in [0, 0.1) is 22.5 Å². The van der Waals surface area contributed by atoms with Gasteiger partial charge in [-0.2, -0.15) is 0 Å². The molecule has 0 aliphatic carbocycles. The van der Waals surface area contributed by atoms with E-state index in [0.29, 0.717) is 53.0 Å². The predicted molar refractivity (Wildman–Crippen MR) is 159 cm³/mol. The zero-order valence-corrected chi connectivity index (χ0v) is 24.1. The quantitative estimate of drug-likeness (QED) is 0.108. The number of allylic oxidation sites excluding steroid dienone is 1. The van der Waals surface area contributed by atoms with Crippen LogP contribution >= 0.6 is 15.9 Å². The van der Waals surface area contributed by atoms with Crippen molar-refractivity contribution in [3.8, 4) is 12.3 Å². The summed E-state index contributed by atoms with van der Waals surface area (Å²) in [4.78, 5) is 41.0. The fourth-order valence-electron chi connectivity index (χ4n) is 4.43. The highest BCUT2D eigenvalue weighted by Gasteiger charge is 2.32. The summed E-state index contributed by atoms with van der Waals surface area (Å²) < 4.78 is 1.28. The number of carbonyl (C=O) groups excluding carboxylic acids is 1. The number of hydrogen-bond donors (Lipinski definition) is 1. The van der Waals surface area contributed by atoms with Gasteiger partial charge in [-0.15, -0.1) is 6.42 Å². The van der Waals surface area contributed by atoms with E-state index in [1.807, 2.05) is 39.2 Å². The van der Waals surface area contributed by atoms with E-state index in [1.165, 1.54) is 6.33 Å². The van der Waals surface area contributed by atoms with Gasteiger partial charge >= 0.3 is 5.82 Å². The standard InChI is InChI=1S/C29H29BrN7O3/c1-5-19-12-22(9-10-26(19)30)34-28-25-15-23(31-16-27(25)32-18-33-28)14-24(38)8-7-11-37(3,4)17-20-13-21(6-2)35-29(20)36(39)40/h1,7-10,12,15-16,18H,6,11,13-14,17H2,2-4H3,(H,32,33,34)/q+1/b8-7+. The maximum absolute atomic E-state index is 12.8. The number of nitro groups is 1. The molecule has 4 rings (SSSR count). The summed E-state index contributed by atoms with van der Waals surface area (Å²) in [5, 5.41) is 15.4. The van der Waals surface area contributed by atoms with Gasteiger partial charge in [0.05, 0.1) is 44.3 Å². The van der Waals surface area contributed by atoms with E-state index in [4.69, 9.17) is 6.42 Å². The number of fused-ring (bicyclic) bond motifs is 1. The van der Waals surface area contributed by atoms with Crippen molar-refractivity contribution in [2.75, 3.05) is 32.5 Å². The molecule has 10 nitrogen and oxygen atoms in total. The highest BCUT2D eigenvalue weighted by atomic mass is 79.9. The third-order valence-corrected chi connectivity index (χ3v) is 7.11. The smallest absolute Gasteiger partial charge is 0.358 e. The normalized spacial score (nSPS) is 13.5. The average Bonchev–Trinajstić information content (AvgIpc) is 3.32. The number of nitrogens with one attached hydrogen (secondary N) is 1. The van der Waals surface area contributed by atoms with Crippen molar-refractivity contribution < 1.29 is 14.2 Å². The van der Waals surface area contributed by atoms with Gasteiger partial charge in [0, 0.05) is 39.6 Å². The van der Waals surface area contributed by atoms with E-state index in [1.54, 1.807) is 24.4 Å². The number of aromatic nitrogens is 3. The number of carbonyl (C=O) groups is 1. The van der Waals surface area contributed by atoms with E-state index in [-0.39, 0.29) is 18.0 Å². The second kappa shape index (κ2) is 12.3. The van der Waals surface area contributed by atoms with E-state index in [0.717, 1.165) is 26.8 Å². The Hall–Kier alpha value is -4.27. The SMILES string of the molecule is C#Cc1cc(Nc2ncnc3cnc(CC(=O)/C=C/C[N+](C)(C)CC4=C([N+](=O)[O-])N=C(CC)C4)cc23)ccc1Br. The van der Waals surface area contributed by atoms with Gasteiger partial charge < -0.3 is 19.9 Å². The van der Waals surface area contributed by atoms with Crippen molar-refractivity contribution >= 4 is 49.8 Å². The van der Waals surface area contributed by atoms with Crippen LogP contribution in [0.25, 0.3) is 10.9 Å². The first-order valence-electron chi connectivity index (χ1n) is 12.7. The number of quaternary nitrogens is 1. The molecular formula is C29H29BrN7O3+. The lowest BCUT2D eigenvalue weighted by Gasteiger charge is -2.28. The lowest BCUT2D eigenvalue weighted by Crippen LogP contribution is -2.41. The number of rotatable bonds is 11. The highest BCUT2D eigenvalue weighted by Crippen LogP contribution is 2.27. The Morgan fingerprint density at radius 1 is 1.27 bits per heavy atom. The van der Waals surface area contributed by atoms with Crippen molar-refractivity contribution in [1.82, 2.24) is 15.0 Å². The predicted octanol–water partition coefficient (Wildman–Crippen LogP) is 5.00. The molecule has 1 N–H and O–H groups in total. The number of likely N-dealkylation sites (N-methyl/N-ethyl adjacent to an activating group) is 1.